The maximum atomic E-state index is 11.6. The number of nitrogens with zero attached hydrogens (tertiary/aromatic N) is 4. The number of carbonyl (C=O) groups is 2. The molecule has 7 heteroatoms. The van der Waals surface area contributed by atoms with Crippen LogP contribution in [0.25, 0.3) is 11.4 Å². The second-order valence-electron chi connectivity index (χ2n) is 5.36. The first-order valence-electron chi connectivity index (χ1n) is 7.76. The third-order valence-electron chi connectivity index (χ3n) is 3.76. The van der Waals surface area contributed by atoms with Crippen molar-refractivity contribution >= 4 is 23.6 Å². The smallest absolute Gasteiger partial charge is 0.229 e. The first kappa shape index (κ1) is 16.4. The van der Waals surface area contributed by atoms with Crippen LogP contribution in [-0.2, 0) is 16.1 Å². The van der Waals surface area contributed by atoms with Crippen molar-refractivity contribution in [2.75, 3.05) is 12.3 Å². The molecule has 0 unspecified atom stereocenters. The molecule has 2 heterocycles. The van der Waals surface area contributed by atoms with Crippen LogP contribution >= 0.6 is 11.8 Å². The van der Waals surface area contributed by atoms with Crippen molar-refractivity contribution in [2.45, 2.75) is 24.5 Å². The molecule has 0 saturated carbocycles. The van der Waals surface area contributed by atoms with Crippen LogP contribution in [0.15, 0.2) is 48.1 Å². The SMILES string of the molecule is C=CCn1c(SCCN2C(=O)CCC2=O)nnc1-c1ccccc1. The van der Waals surface area contributed by atoms with Crippen molar-refractivity contribution in [3.63, 3.8) is 0 Å². The van der Waals surface area contributed by atoms with Gasteiger partial charge < -0.3 is 0 Å². The number of rotatable bonds is 7. The number of thioether (sulfide) groups is 1. The number of aromatic nitrogens is 3. The Bertz CT molecular complexity index is 741. The van der Waals surface area contributed by atoms with Crippen LogP contribution in [0.3, 0.4) is 0 Å². The van der Waals surface area contributed by atoms with Gasteiger partial charge in [0.2, 0.25) is 11.8 Å². The highest BCUT2D eigenvalue weighted by molar-refractivity contribution is 7.99. The van der Waals surface area contributed by atoms with Crippen molar-refractivity contribution in [2.24, 2.45) is 0 Å². The van der Waals surface area contributed by atoms with Gasteiger partial charge in [-0.15, -0.1) is 16.8 Å². The number of hydrogen-bond acceptors (Lipinski definition) is 5. The summed E-state index contributed by atoms with van der Waals surface area (Å²) in [5.41, 5.74) is 0.989. The summed E-state index contributed by atoms with van der Waals surface area (Å²) in [5.74, 6) is 1.21. The number of carbonyl (C=O) groups excluding carboxylic acids is 2. The van der Waals surface area contributed by atoms with Crippen LogP contribution in [-0.4, -0.2) is 43.8 Å². The minimum atomic E-state index is -0.0851. The van der Waals surface area contributed by atoms with Gasteiger partial charge in [-0.1, -0.05) is 48.2 Å². The number of allylic oxidation sites excluding steroid dienone is 1. The van der Waals surface area contributed by atoms with Crippen molar-refractivity contribution in [3.05, 3.63) is 43.0 Å². The van der Waals surface area contributed by atoms with E-state index in [0.717, 1.165) is 16.5 Å². The molecule has 0 radical (unpaired) electrons. The van der Waals surface area contributed by atoms with E-state index in [1.807, 2.05) is 34.9 Å². The topological polar surface area (TPSA) is 68.1 Å². The highest BCUT2D eigenvalue weighted by Crippen LogP contribution is 2.24. The predicted molar refractivity (Wildman–Crippen MR) is 92.3 cm³/mol. The Morgan fingerprint density at radius 2 is 1.83 bits per heavy atom. The molecular formula is C17H18N4O2S. The summed E-state index contributed by atoms with van der Waals surface area (Å²) in [4.78, 5) is 24.6. The molecule has 6 nitrogen and oxygen atoms in total. The molecule has 0 bridgehead atoms. The van der Waals surface area contributed by atoms with Gasteiger partial charge >= 0.3 is 0 Å². The number of likely N-dealkylation sites (tertiary alicyclic amines) is 1. The first-order chi connectivity index (χ1) is 11.7. The summed E-state index contributed by atoms with van der Waals surface area (Å²) in [7, 11) is 0. The normalized spacial score (nSPS) is 14.4. The Morgan fingerprint density at radius 1 is 1.12 bits per heavy atom. The zero-order chi connectivity index (χ0) is 16.9. The fraction of sp³-hybridized carbons (Fsp3) is 0.294. The average Bonchev–Trinajstić information content (AvgIpc) is 3.14. The largest absolute Gasteiger partial charge is 0.298 e. The van der Waals surface area contributed by atoms with E-state index in [4.69, 9.17) is 0 Å². The summed E-state index contributed by atoms with van der Waals surface area (Å²) < 4.78 is 1.99. The molecular weight excluding hydrogens is 324 g/mol. The zero-order valence-electron chi connectivity index (χ0n) is 13.2. The van der Waals surface area contributed by atoms with Gasteiger partial charge in [0.1, 0.15) is 0 Å². The molecule has 2 aromatic rings. The van der Waals surface area contributed by atoms with E-state index >= 15 is 0 Å². The van der Waals surface area contributed by atoms with Crippen LogP contribution in [0.4, 0.5) is 0 Å². The molecule has 1 aromatic heterocycles. The van der Waals surface area contributed by atoms with Gasteiger partial charge in [-0.3, -0.25) is 19.1 Å². The zero-order valence-corrected chi connectivity index (χ0v) is 14.0. The van der Waals surface area contributed by atoms with Gasteiger partial charge in [0.25, 0.3) is 0 Å². The van der Waals surface area contributed by atoms with Crippen LogP contribution in [0.2, 0.25) is 0 Å². The molecule has 1 fully saturated rings. The van der Waals surface area contributed by atoms with Crippen LogP contribution in [0, 0.1) is 0 Å². The molecule has 1 aliphatic heterocycles. The van der Waals surface area contributed by atoms with Gasteiger partial charge in [-0.2, -0.15) is 0 Å². The number of hydrogen-bond donors (Lipinski definition) is 0. The lowest BCUT2D eigenvalue weighted by atomic mass is 10.2. The second kappa shape index (κ2) is 7.44. The maximum absolute atomic E-state index is 11.6. The first-order valence-corrected chi connectivity index (χ1v) is 8.75. The summed E-state index contributed by atoms with van der Waals surface area (Å²) in [6, 6.07) is 9.84. The third-order valence-corrected chi connectivity index (χ3v) is 4.71. The molecule has 0 N–H and O–H groups in total. The Balaban J connectivity index is 1.71. The maximum Gasteiger partial charge on any atom is 0.229 e. The average molecular weight is 342 g/mol. The Kier molecular flexibility index (Phi) is 5.10. The molecule has 0 atom stereocenters. The van der Waals surface area contributed by atoms with Crippen LogP contribution in [0.1, 0.15) is 12.8 Å². The lowest BCUT2D eigenvalue weighted by Gasteiger charge is -2.13. The van der Waals surface area contributed by atoms with E-state index in [-0.39, 0.29) is 11.8 Å². The summed E-state index contributed by atoms with van der Waals surface area (Å²) in [5, 5.41) is 9.29. The van der Waals surface area contributed by atoms with E-state index in [9.17, 15) is 9.59 Å². The predicted octanol–water partition coefficient (Wildman–Crippen LogP) is 2.37. The molecule has 0 spiro atoms. The minimum absolute atomic E-state index is 0.0851. The quantitative estimate of drug-likeness (QED) is 0.439. The van der Waals surface area contributed by atoms with Crippen molar-refractivity contribution in [1.82, 2.24) is 19.7 Å². The molecule has 24 heavy (non-hydrogen) atoms. The van der Waals surface area contributed by atoms with Crippen molar-refractivity contribution in [3.8, 4) is 11.4 Å². The standard InChI is InChI=1S/C17H18N4O2S/c1-2-10-21-16(13-6-4-3-5-7-13)18-19-17(21)24-12-11-20-14(22)8-9-15(20)23/h2-7H,1,8-12H2. The fourth-order valence-electron chi connectivity index (χ4n) is 2.59. The van der Waals surface area contributed by atoms with Crippen LogP contribution < -0.4 is 0 Å². The molecule has 1 aromatic carbocycles. The monoisotopic (exact) mass is 342 g/mol. The molecule has 2 amide bonds. The van der Waals surface area contributed by atoms with Crippen molar-refractivity contribution < 1.29 is 9.59 Å². The van der Waals surface area contributed by atoms with E-state index in [1.165, 1.54) is 16.7 Å². The minimum Gasteiger partial charge on any atom is -0.298 e. The Labute approximate surface area is 144 Å². The number of benzene rings is 1. The van der Waals surface area contributed by atoms with Gasteiger partial charge in [0, 0.05) is 37.2 Å². The third kappa shape index (κ3) is 3.41. The molecule has 1 aliphatic rings. The van der Waals surface area contributed by atoms with E-state index in [2.05, 4.69) is 16.8 Å². The molecule has 1 saturated heterocycles. The fourth-order valence-corrected chi connectivity index (χ4v) is 3.46. The summed E-state index contributed by atoms with van der Waals surface area (Å²) >= 11 is 1.49. The Morgan fingerprint density at radius 3 is 2.50 bits per heavy atom. The van der Waals surface area contributed by atoms with Crippen LogP contribution in [0.5, 0.6) is 0 Å². The van der Waals surface area contributed by atoms with Crippen molar-refractivity contribution in [1.29, 1.82) is 0 Å². The van der Waals surface area contributed by atoms with E-state index in [1.54, 1.807) is 6.08 Å². The van der Waals surface area contributed by atoms with Gasteiger partial charge in [-0.25, -0.2) is 0 Å². The lowest BCUT2D eigenvalue weighted by molar-refractivity contribution is -0.137. The molecule has 0 aliphatic carbocycles. The second-order valence-corrected chi connectivity index (χ2v) is 6.42. The van der Waals surface area contributed by atoms with Gasteiger partial charge in [0.05, 0.1) is 0 Å². The van der Waals surface area contributed by atoms with Gasteiger partial charge in [-0.05, 0) is 0 Å². The molecule has 3 rings (SSSR count). The van der Waals surface area contributed by atoms with Gasteiger partial charge in [0.15, 0.2) is 11.0 Å². The summed E-state index contributed by atoms with van der Waals surface area (Å²) in [6.45, 7) is 4.80. The number of amides is 2. The summed E-state index contributed by atoms with van der Waals surface area (Å²) in [6.07, 6.45) is 2.45. The number of imide groups is 1. The highest BCUT2D eigenvalue weighted by atomic mass is 32.2. The van der Waals surface area contributed by atoms with E-state index < -0.39 is 0 Å². The lowest BCUT2D eigenvalue weighted by Crippen LogP contribution is -2.31. The Hall–Kier alpha value is -2.41. The molecule has 124 valence electrons. The highest BCUT2D eigenvalue weighted by Gasteiger charge is 2.28. The van der Waals surface area contributed by atoms with E-state index in [0.29, 0.717) is 31.7 Å².